The molecule has 7 nitrogen and oxygen atoms in total. The third-order valence-corrected chi connectivity index (χ3v) is 6.63. The molecule has 1 unspecified atom stereocenters. The number of aromatic nitrogens is 3. The second-order valence-electron chi connectivity index (χ2n) is 9.19. The van der Waals surface area contributed by atoms with Gasteiger partial charge >= 0.3 is 0 Å². The highest BCUT2D eigenvalue weighted by atomic mass is 16.5. The van der Waals surface area contributed by atoms with E-state index in [4.69, 9.17) is 4.74 Å². The molecule has 1 aromatic heterocycles. The molecule has 7 heteroatoms. The van der Waals surface area contributed by atoms with Crippen LogP contribution in [0.25, 0.3) is 0 Å². The molecule has 196 valence electrons. The molecule has 1 amide bonds. The monoisotopic (exact) mass is 510 g/mol. The van der Waals surface area contributed by atoms with E-state index >= 15 is 0 Å². The number of allylic oxidation sites excluding steroid dienone is 1. The van der Waals surface area contributed by atoms with E-state index in [-0.39, 0.29) is 24.5 Å². The van der Waals surface area contributed by atoms with Gasteiger partial charge in [-0.1, -0.05) is 85.0 Å². The van der Waals surface area contributed by atoms with Crippen LogP contribution in [0.2, 0.25) is 0 Å². The second kappa shape index (κ2) is 13.5. The lowest BCUT2D eigenvalue weighted by Gasteiger charge is -2.22. The highest BCUT2D eigenvalue weighted by Crippen LogP contribution is 2.30. The van der Waals surface area contributed by atoms with Crippen LogP contribution in [0.1, 0.15) is 42.2 Å². The molecule has 0 bridgehead atoms. The first kappa shape index (κ1) is 27.0. The van der Waals surface area contributed by atoms with Crippen LogP contribution in [-0.2, 0) is 16.1 Å². The molecule has 0 saturated heterocycles. The van der Waals surface area contributed by atoms with Crippen LogP contribution in [0.4, 0.5) is 11.4 Å². The van der Waals surface area contributed by atoms with Crippen molar-refractivity contribution in [2.75, 3.05) is 18.6 Å². The lowest BCUT2D eigenvalue weighted by molar-refractivity contribution is -0.106. The van der Waals surface area contributed by atoms with E-state index in [1.165, 1.54) is 0 Å². The zero-order valence-electron chi connectivity index (χ0n) is 21.8. The molecule has 4 rings (SSSR count). The molecule has 0 aliphatic carbocycles. The molecule has 1 N–H and O–H groups in total. The van der Waals surface area contributed by atoms with Gasteiger partial charge in [0.1, 0.15) is 0 Å². The molecule has 0 fully saturated rings. The number of carbonyl (C=O) groups excluding carboxylic acids is 1. The molecular formula is C31H34N4O3. The van der Waals surface area contributed by atoms with Crippen molar-refractivity contribution in [2.45, 2.75) is 31.9 Å². The van der Waals surface area contributed by atoms with Crippen LogP contribution in [0, 0.1) is 5.92 Å². The molecule has 1 heterocycles. The Balaban J connectivity index is 1.34. The molecule has 0 radical (unpaired) electrons. The normalized spacial score (nSPS) is 13.8. The Bertz CT molecular complexity index is 1290. The smallest absolute Gasteiger partial charge is 0.218 e. The van der Waals surface area contributed by atoms with Crippen LogP contribution in [0.15, 0.2) is 103 Å². The van der Waals surface area contributed by atoms with E-state index in [2.05, 4.69) is 29.4 Å². The van der Waals surface area contributed by atoms with Gasteiger partial charge in [0.2, 0.25) is 6.41 Å². The maximum atomic E-state index is 11.7. The summed E-state index contributed by atoms with van der Waals surface area (Å²) < 4.78 is 7.64. The maximum absolute atomic E-state index is 11.7. The molecular weight excluding hydrogens is 476 g/mol. The van der Waals surface area contributed by atoms with Gasteiger partial charge in [0, 0.05) is 37.1 Å². The SMILES string of the molecule is CO[C@H](c1ccc(N(C=O)c2ccccc2)cc1)[C@H](C)/C=C/CCn1cc(C(CO)c2ccccc2)nn1. The Labute approximate surface area is 224 Å². The van der Waals surface area contributed by atoms with Crippen molar-refractivity contribution in [1.82, 2.24) is 15.0 Å². The zero-order valence-corrected chi connectivity index (χ0v) is 21.8. The topological polar surface area (TPSA) is 80.5 Å². The average Bonchev–Trinajstić information content (AvgIpc) is 3.43. The number of rotatable bonds is 13. The van der Waals surface area contributed by atoms with Crippen molar-refractivity contribution >= 4 is 17.8 Å². The number of aryl methyl sites for hydroxylation is 1. The standard InChI is InChI=1S/C31H34N4O3/c1-24(11-9-10-20-34-21-30(32-33-34)29(22-36)25-12-5-3-6-13-25)31(38-2)26-16-18-28(19-17-26)35(23-37)27-14-7-4-8-15-27/h3-9,11-19,21,23-24,29,31,36H,10,20,22H2,1-2H3/b11-9+/t24-,29?,31+/m1/s1. The fraction of sp³-hybridized carbons (Fsp3) is 0.258. The number of nitrogens with zero attached hydrogens (tertiary/aromatic N) is 4. The molecule has 4 aromatic rings. The third kappa shape index (κ3) is 6.62. The Morgan fingerprint density at radius 3 is 2.24 bits per heavy atom. The van der Waals surface area contributed by atoms with Crippen molar-refractivity contribution in [3.05, 3.63) is 120 Å². The van der Waals surface area contributed by atoms with Crippen molar-refractivity contribution in [1.29, 1.82) is 0 Å². The van der Waals surface area contributed by atoms with Gasteiger partial charge in [-0.3, -0.25) is 14.4 Å². The molecule has 3 atom stereocenters. The van der Waals surface area contributed by atoms with E-state index < -0.39 is 0 Å². The van der Waals surface area contributed by atoms with Crippen LogP contribution in [-0.4, -0.2) is 40.2 Å². The van der Waals surface area contributed by atoms with Crippen molar-refractivity contribution < 1.29 is 14.6 Å². The quantitative estimate of drug-likeness (QED) is 0.185. The summed E-state index contributed by atoms with van der Waals surface area (Å²) in [5, 5.41) is 18.4. The largest absolute Gasteiger partial charge is 0.395 e. The number of carbonyl (C=O) groups is 1. The fourth-order valence-electron chi connectivity index (χ4n) is 4.59. The number of hydrogen-bond acceptors (Lipinski definition) is 5. The molecule has 0 saturated carbocycles. The number of methoxy groups -OCH3 is 1. The fourth-order valence-corrected chi connectivity index (χ4v) is 4.59. The van der Waals surface area contributed by atoms with Crippen LogP contribution in [0.5, 0.6) is 0 Å². The molecule has 0 spiro atoms. The van der Waals surface area contributed by atoms with Gasteiger partial charge in [0.25, 0.3) is 0 Å². The van der Waals surface area contributed by atoms with Crippen LogP contribution < -0.4 is 4.90 Å². The minimum absolute atomic E-state index is 0.0149. The maximum Gasteiger partial charge on any atom is 0.218 e. The minimum atomic E-state index is -0.180. The number of aliphatic hydroxyl groups excluding tert-OH is 1. The summed E-state index contributed by atoms with van der Waals surface area (Å²) in [5.74, 6) is -0.0361. The van der Waals surface area contributed by atoms with Gasteiger partial charge in [-0.25, -0.2) is 0 Å². The number of anilines is 2. The summed E-state index contributed by atoms with van der Waals surface area (Å²) in [7, 11) is 1.71. The highest BCUT2D eigenvalue weighted by molar-refractivity contribution is 5.86. The van der Waals surface area contributed by atoms with Gasteiger partial charge in [-0.05, 0) is 41.8 Å². The Morgan fingerprint density at radius 2 is 1.61 bits per heavy atom. The first-order valence-electron chi connectivity index (χ1n) is 12.8. The highest BCUT2D eigenvalue weighted by Gasteiger charge is 2.18. The minimum Gasteiger partial charge on any atom is -0.395 e. The predicted octanol–water partition coefficient (Wildman–Crippen LogP) is 5.67. The third-order valence-electron chi connectivity index (χ3n) is 6.63. The first-order chi connectivity index (χ1) is 18.6. The summed E-state index contributed by atoms with van der Waals surface area (Å²) in [6.07, 6.45) is 7.70. The van der Waals surface area contributed by atoms with Gasteiger partial charge in [-0.2, -0.15) is 0 Å². The van der Waals surface area contributed by atoms with Gasteiger partial charge in [0.05, 0.1) is 24.3 Å². The van der Waals surface area contributed by atoms with Crippen LogP contribution >= 0.6 is 0 Å². The summed E-state index contributed by atoms with van der Waals surface area (Å²) in [4.78, 5) is 13.3. The Morgan fingerprint density at radius 1 is 0.947 bits per heavy atom. The van der Waals surface area contributed by atoms with E-state index in [0.717, 1.165) is 41.0 Å². The summed E-state index contributed by atoms with van der Waals surface area (Å²) in [6, 6.07) is 27.3. The number of hydrogen-bond donors (Lipinski definition) is 1. The van der Waals surface area contributed by atoms with Crippen LogP contribution in [0.3, 0.4) is 0 Å². The Kier molecular flexibility index (Phi) is 9.56. The van der Waals surface area contributed by atoms with Crippen molar-refractivity contribution in [2.24, 2.45) is 5.92 Å². The van der Waals surface area contributed by atoms with Gasteiger partial charge in [-0.15, -0.1) is 5.10 Å². The molecule has 3 aromatic carbocycles. The van der Waals surface area contributed by atoms with E-state index in [1.807, 2.05) is 95.8 Å². The number of para-hydroxylation sites is 1. The summed E-state index contributed by atoms with van der Waals surface area (Å²) in [6.45, 7) is 2.80. The molecule has 0 aliphatic heterocycles. The van der Waals surface area contributed by atoms with E-state index in [9.17, 15) is 9.90 Å². The van der Waals surface area contributed by atoms with E-state index in [1.54, 1.807) is 12.0 Å². The molecule has 38 heavy (non-hydrogen) atoms. The van der Waals surface area contributed by atoms with Gasteiger partial charge < -0.3 is 9.84 Å². The summed E-state index contributed by atoms with van der Waals surface area (Å²) >= 11 is 0. The lowest BCUT2D eigenvalue weighted by atomic mass is 9.96. The predicted molar refractivity (Wildman–Crippen MR) is 149 cm³/mol. The second-order valence-corrected chi connectivity index (χ2v) is 9.19. The van der Waals surface area contributed by atoms with Gasteiger partial charge in [0.15, 0.2) is 0 Å². The Hall–Kier alpha value is -4.07. The number of ether oxygens (including phenoxy) is 1. The average molecular weight is 511 g/mol. The number of aliphatic hydroxyl groups is 1. The van der Waals surface area contributed by atoms with Crippen molar-refractivity contribution in [3.8, 4) is 0 Å². The number of benzene rings is 3. The summed E-state index contributed by atoms with van der Waals surface area (Å²) in [5.41, 5.74) is 4.45. The molecule has 0 aliphatic rings. The van der Waals surface area contributed by atoms with E-state index in [0.29, 0.717) is 6.54 Å². The number of amides is 1. The zero-order chi connectivity index (χ0) is 26.7. The van der Waals surface area contributed by atoms with Crippen molar-refractivity contribution in [3.63, 3.8) is 0 Å². The lowest BCUT2D eigenvalue weighted by Crippen LogP contribution is -2.14. The first-order valence-corrected chi connectivity index (χ1v) is 12.8.